The van der Waals surface area contributed by atoms with Gasteiger partial charge >= 0.3 is 0 Å². The molecule has 0 aliphatic carbocycles. The normalized spacial score (nSPS) is 10.6. The molecule has 0 aliphatic heterocycles. The summed E-state index contributed by atoms with van der Waals surface area (Å²) >= 11 is 0. The maximum Gasteiger partial charge on any atom is 0.104 e. The van der Waals surface area contributed by atoms with Crippen molar-refractivity contribution in [1.82, 2.24) is 0 Å². The van der Waals surface area contributed by atoms with Gasteiger partial charge in [-0.15, -0.1) is 6.58 Å². The largest absolute Gasteiger partial charge is 1.00 e. The molecule has 0 radical (unpaired) electrons. The SMILES string of the molecule is C=CCCC[N+](C)(C)Cc1ccccc1.[Cl-]. The predicted molar refractivity (Wildman–Crippen MR) is 66.6 cm³/mol. The molecule has 1 rings (SSSR count). The first-order valence-electron chi connectivity index (χ1n) is 5.61. The summed E-state index contributed by atoms with van der Waals surface area (Å²) in [6.07, 6.45) is 4.35. The molecule has 1 aromatic carbocycles. The first kappa shape index (κ1) is 15.2. The van der Waals surface area contributed by atoms with E-state index >= 15 is 0 Å². The second-order valence-electron chi connectivity index (χ2n) is 4.73. The van der Waals surface area contributed by atoms with E-state index in [1.54, 1.807) is 0 Å². The Morgan fingerprint density at radius 1 is 1.19 bits per heavy atom. The fourth-order valence-electron chi connectivity index (χ4n) is 1.82. The maximum atomic E-state index is 3.76. The second-order valence-corrected chi connectivity index (χ2v) is 4.73. The summed E-state index contributed by atoms with van der Waals surface area (Å²) in [7, 11) is 4.58. The Balaban J connectivity index is 0.00000225. The van der Waals surface area contributed by atoms with Crippen molar-refractivity contribution in [2.24, 2.45) is 0 Å². The van der Waals surface area contributed by atoms with Crippen molar-refractivity contribution in [2.45, 2.75) is 19.4 Å². The summed E-state index contributed by atoms with van der Waals surface area (Å²) in [6.45, 7) is 6.08. The first-order chi connectivity index (χ1) is 7.14. The third-order valence-electron chi connectivity index (χ3n) is 2.63. The minimum atomic E-state index is 0. The zero-order chi connectivity index (χ0) is 11.1. The summed E-state index contributed by atoms with van der Waals surface area (Å²) < 4.78 is 1.05. The fourth-order valence-corrected chi connectivity index (χ4v) is 1.82. The van der Waals surface area contributed by atoms with Crippen LogP contribution < -0.4 is 12.4 Å². The molecule has 16 heavy (non-hydrogen) atoms. The minimum absolute atomic E-state index is 0. The average molecular weight is 240 g/mol. The molecule has 0 fully saturated rings. The number of quaternary nitrogens is 1. The topological polar surface area (TPSA) is 0 Å². The molecule has 0 spiro atoms. The predicted octanol–water partition coefficient (Wildman–Crippen LogP) is 0.233. The quantitative estimate of drug-likeness (QED) is 0.379. The average Bonchev–Trinajstić information content (AvgIpc) is 2.18. The smallest absolute Gasteiger partial charge is 0.104 e. The van der Waals surface area contributed by atoms with Crippen LogP contribution in [-0.2, 0) is 6.54 Å². The lowest BCUT2D eigenvalue weighted by molar-refractivity contribution is -0.903. The number of halogens is 1. The van der Waals surface area contributed by atoms with Crippen LogP contribution in [0.25, 0.3) is 0 Å². The van der Waals surface area contributed by atoms with Crippen LogP contribution >= 0.6 is 0 Å². The molecule has 1 nitrogen and oxygen atoms in total. The lowest BCUT2D eigenvalue weighted by atomic mass is 10.2. The number of rotatable bonds is 6. The van der Waals surface area contributed by atoms with Crippen molar-refractivity contribution in [1.29, 1.82) is 0 Å². The van der Waals surface area contributed by atoms with Gasteiger partial charge in [0, 0.05) is 5.56 Å². The zero-order valence-corrected chi connectivity index (χ0v) is 11.1. The highest BCUT2D eigenvalue weighted by Gasteiger charge is 2.14. The first-order valence-corrected chi connectivity index (χ1v) is 5.61. The van der Waals surface area contributed by atoms with Gasteiger partial charge < -0.3 is 16.9 Å². The van der Waals surface area contributed by atoms with Gasteiger partial charge in [-0.2, -0.15) is 0 Å². The Morgan fingerprint density at radius 3 is 2.38 bits per heavy atom. The van der Waals surface area contributed by atoms with E-state index in [4.69, 9.17) is 0 Å². The third-order valence-corrected chi connectivity index (χ3v) is 2.63. The van der Waals surface area contributed by atoms with E-state index in [9.17, 15) is 0 Å². The van der Waals surface area contributed by atoms with Gasteiger partial charge in [0.05, 0.1) is 20.6 Å². The number of hydrogen-bond acceptors (Lipinski definition) is 0. The molecule has 0 aliphatic rings. The molecule has 0 aromatic heterocycles. The third kappa shape index (κ3) is 5.94. The van der Waals surface area contributed by atoms with E-state index in [0.29, 0.717) is 0 Å². The lowest BCUT2D eigenvalue weighted by Gasteiger charge is -2.29. The van der Waals surface area contributed by atoms with E-state index in [2.05, 4.69) is 51.0 Å². The lowest BCUT2D eigenvalue weighted by Crippen LogP contribution is -3.00. The zero-order valence-electron chi connectivity index (χ0n) is 10.3. The molecular formula is C14H22ClN. The van der Waals surface area contributed by atoms with Gasteiger partial charge in [0.25, 0.3) is 0 Å². The van der Waals surface area contributed by atoms with Gasteiger partial charge in [-0.1, -0.05) is 36.4 Å². The number of nitrogens with zero attached hydrogens (tertiary/aromatic N) is 1. The second kappa shape index (κ2) is 7.48. The molecule has 90 valence electrons. The monoisotopic (exact) mass is 239 g/mol. The molecule has 0 unspecified atom stereocenters. The summed E-state index contributed by atoms with van der Waals surface area (Å²) in [5.74, 6) is 0. The Bertz CT molecular complexity index is 293. The van der Waals surface area contributed by atoms with Gasteiger partial charge in [0.2, 0.25) is 0 Å². The van der Waals surface area contributed by atoms with Crippen LogP contribution in [0.2, 0.25) is 0 Å². The van der Waals surface area contributed by atoms with Crippen LogP contribution in [0.3, 0.4) is 0 Å². The van der Waals surface area contributed by atoms with Crippen LogP contribution in [0.4, 0.5) is 0 Å². The summed E-state index contributed by atoms with van der Waals surface area (Å²) in [6, 6.07) is 10.7. The minimum Gasteiger partial charge on any atom is -1.00 e. The summed E-state index contributed by atoms with van der Waals surface area (Å²) in [4.78, 5) is 0. The van der Waals surface area contributed by atoms with Crippen molar-refractivity contribution in [3.8, 4) is 0 Å². The Kier molecular flexibility index (Phi) is 7.11. The van der Waals surface area contributed by atoms with E-state index in [1.165, 1.54) is 18.5 Å². The molecule has 0 saturated heterocycles. The van der Waals surface area contributed by atoms with Gasteiger partial charge in [-0.25, -0.2) is 0 Å². The Labute approximate surface area is 106 Å². The summed E-state index contributed by atoms with van der Waals surface area (Å²) in [5, 5.41) is 0. The molecule has 0 bridgehead atoms. The van der Waals surface area contributed by atoms with Crippen LogP contribution in [0.5, 0.6) is 0 Å². The van der Waals surface area contributed by atoms with Crippen molar-refractivity contribution in [3.05, 3.63) is 48.6 Å². The number of hydrogen-bond donors (Lipinski definition) is 0. The molecular weight excluding hydrogens is 218 g/mol. The number of benzene rings is 1. The highest BCUT2D eigenvalue weighted by atomic mass is 35.5. The molecule has 0 atom stereocenters. The molecule has 0 saturated carbocycles. The van der Waals surface area contributed by atoms with Gasteiger partial charge in [0.15, 0.2) is 0 Å². The molecule has 0 heterocycles. The molecule has 1 aromatic rings. The van der Waals surface area contributed by atoms with Crippen molar-refractivity contribution >= 4 is 0 Å². The molecule has 0 N–H and O–H groups in total. The Morgan fingerprint density at radius 2 is 1.81 bits per heavy atom. The van der Waals surface area contributed by atoms with Crippen molar-refractivity contribution < 1.29 is 16.9 Å². The van der Waals surface area contributed by atoms with Gasteiger partial charge in [-0.3, -0.25) is 0 Å². The van der Waals surface area contributed by atoms with Crippen LogP contribution in [0.15, 0.2) is 43.0 Å². The highest BCUT2D eigenvalue weighted by molar-refractivity contribution is 5.13. The van der Waals surface area contributed by atoms with Crippen molar-refractivity contribution in [3.63, 3.8) is 0 Å². The maximum absolute atomic E-state index is 3.76. The van der Waals surface area contributed by atoms with Gasteiger partial charge in [0.1, 0.15) is 6.54 Å². The number of allylic oxidation sites excluding steroid dienone is 1. The van der Waals surface area contributed by atoms with E-state index in [-0.39, 0.29) is 12.4 Å². The van der Waals surface area contributed by atoms with Crippen LogP contribution in [0.1, 0.15) is 18.4 Å². The number of unbranched alkanes of at least 4 members (excludes halogenated alkanes) is 1. The van der Waals surface area contributed by atoms with E-state index in [1.807, 2.05) is 6.08 Å². The summed E-state index contributed by atoms with van der Waals surface area (Å²) in [5.41, 5.74) is 1.42. The highest BCUT2D eigenvalue weighted by Crippen LogP contribution is 2.10. The molecule has 0 amide bonds. The van der Waals surface area contributed by atoms with Crippen LogP contribution in [-0.4, -0.2) is 25.1 Å². The van der Waals surface area contributed by atoms with E-state index < -0.39 is 0 Å². The standard InChI is InChI=1S/C14H22N.ClH/c1-4-5-9-12-15(2,3)13-14-10-7-6-8-11-14;/h4,6-8,10-11H,1,5,9,12-13H2,2-3H3;1H/q+1;/p-1. The van der Waals surface area contributed by atoms with E-state index in [0.717, 1.165) is 17.4 Å². The van der Waals surface area contributed by atoms with Gasteiger partial charge in [-0.05, 0) is 12.8 Å². The molecule has 2 heteroatoms. The Hall–Kier alpha value is -0.790. The fraction of sp³-hybridized carbons (Fsp3) is 0.429. The van der Waals surface area contributed by atoms with Crippen LogP contribution in [0, 0.1) is 0 Å². The van der Waals surface area contributed by atoms with Crippen molar-refractivity contribution in [2.75, 3.05) is 20.6 Å².